The number of aryl methyl sites for hydroxylation is 1. The summed E-state index contributed by atoms with van der Waals surface area (Å²) < 4.78 is 40.3. The van der Waals surface area contributed by atoms with Gasteiger partial charge in [-0.05, 0) is 36.8 Å². The molecule has 0 saturated carbocycles. The fourth-order valence-corrected chi connectivity index (χ4v) is 3.11. The van der Waals surface area contributed by atoms with E-state index in [2.05, 4.69) is 19.7 Å². The van der Waals surface area contributed by atoms with Gasteiger partial charge in [0.25, 0.3) is 0 Å². The number of ether oxygens (including phenoxy) is 1. The van der Waals surface area contributed by atoms with Gasteiger partial charge in [0.2, 0.25) is 5.95 Å². The summed E-state index contributed by atoms with van der Waals surface area (Å²) in [5.41, 5.74) is 12.8. The zero-order valence-corrected chi connectivity index (χ0v) is 13.1. The third-order valence-corrected chi connectivity index (χ3v) is 4.30. The Kier molecular flexibility index (Phi) is 3.91. The van der Waals surface area contributed by atoms with Crippen LogP contribution in [0.2, 0.25) is 0 Å². The fourth-order valence-electron chi connectivity index (χ4n) is 2.20. The van der Waals surface area contributed by atoms with Crippen molar-refractivity contribution in [2.45, 2.75) is 23.2 Å². The lowest BCUT2D eigenvalue weighted by atomic mass is 10.2. The molecule has 5 N–H and O–H groups in total. The van der Waals surface area contributed by atoms with E-state index >= 15 is 0 Å². The van der Waals surface area contributed by atoms with Gasteiger partial charge in [0, 0.05) is 4.90 Å². The number of nitrogen functional groups attached to an aromatic ring is 2. The van der Waals surface area contributed by atoms with Crippen LogP contribution in [0.5, 0.6) is 5.75 Å². The Morgan fingerprint density at radius 2 is 1.79 bits per heavy atom. The van der Waals surface area contributed by atoms with Crippen LogP contribution >= 0.6 is 11.8 Å². The van der Waals surface area contributed by atoms with Gasteiger partial charge in [-0.3, -0.25) is 0 Å². The van der Waals surface area contributed by atoms with Crippen LogP contribution in [-0.4, -0.2) is 21.3 Å². The standard InChI is InChI=1S/C14H12F3N5OS/c1-6-9-10(18)20-13(19)22-11(9)21-12(6)24-8-4-2-7(3-5-8)23-14(15,16)17/h2-5H,1H3,(H5,18,19,20,21,22). The number of nitrogens with two attached hydrogens (primary N) is 2. The molecule has 0 aliphatic heterocycles. The molecule has 0 atom stereocenters. The second-order valence-corrected chi connectivity index (χ2v) is 5.97. The molecule has 3 rings (SSSR count). The third-order valence-electron chi connectivity index (χ3n) is 3.18. The summed E-state index contributed by atoms with van der Waals surface area (Å²) in [6.07, 6.45) is -4.71. The van der Waals surface area contributed by atoms with Crippen molar-refractivity contribution < 1.29 is 17.9 Å². The maximum atomic E-state index is 12.2. The van der Waals surface area contributed by atoms with Gasteiger partial charge in [0.1, 0.15) is 17.2 Å². The predicted molar refractivity (Wildman–Crippen MR) is 84.7 cm³/mol. The summed E-state index contributed by atoms with van der Waals surface area (Å²) in [5.74, 6) is 0.0570. The Morgan fingerprint density at radius 1 is 1.12 bits per heavy atom. The molecule has 0 saturated heterocycles. The lowest BCUT2D eigenvalue weighted by Crippen LogP contribution is -2.16. The van der Waals surface area contributed by atoms with Gasteiger partial charge in [0.05, 0.1) is 10.4 Å². The van der Waals surface area contributed by atoms with Gasteiger partial charge in [-0.1, -0.05) is 11.8 Å². The van der Waals surface area contributed by atoms with E-state index in [0.717, 1.165) is 15.5 Å². The summed E-state index contributed by atoms with van der Waals surface area (Å²) in [7, 11) is 0. The van der Waals surface area contributed by atoms with E-state index in [4.69, 9.17) is 11.5 Å². The van der Waals surface area contributed by atoms with E-state index in [1.807, 2.05) is 6.92 Å². The first-order chi connectivity index (χ1) is 11.2. The van der Waals surface area contributed by atoms with Crippen molar-refractivity contribution in [2.24, 2.45) is 0 Å². The highest BCUT2D eigenvalue weighted by atomic mass is 32.2. The number of anilines is 2. The maximum absolute atomic E-state index is 12.2. The van der Waals surface area contributed by atoms with E-state index in [1.54, 1.807) is 0 Å². The van der Waals surface area contributed by atoms with Crippen molar-refractivity contribution in [3.8, 4) is 5.75 Å². The molecular formula is C14H12F3N5OS. The SMILES string of the molecule is Cc1c(Sc2ccc(OC(F)(F)F)cc2)[nH]c2nc(N)nc(N)c12. The molecule has 126 valence electrons. The Balaban J connectivity index is 1.87. The van der Waals surface area contributed by atoms with Crippen LogP contribution in [0.25, 0.3) is 11.0 Å². The molecule has 2 aromatic heterocycles. The number of nitrogens with zero attached hydrogens (tertiary/aromatic N) is 2. The molecular weight excluding hydrogens is 343 g/mol. The Labute approximate surface area is 138 Å². The van der Waals surface area contributed by atoms with Crippen molar-refractivity contribution in [2.75, 3.05) is 11.5 Å². The number of hydrogen-bond acceptors (Lipinski definition) is 6. The molecule has 0 bridgehead atoms. The summed E-state index contributed by atoms with van der Waals surface area (Å²) in [6.45, 7) is 1.85. The highest BCUT2D eigenvalue weighted by Crippen LogP contribution is 2.36. The second-order valence-electron chi connectivity index (χ2n) is 4.89. The van der Waals surface area contributed by atoms with Gasteiger partial charge in [-0.2, -0.15) is 9.97 Å². The Bertz CT molecular complexity index is 892. The van der Waals surface area contributed by atoms with Crippen LogP contribution in [0.4, 0.5) is 24.9 Å². The van der Waals surface area contributed by atoms with Crippen LogP contribution in [0.1, 0.15) is 5.56 Å². The van der Waals surface area contributed by atoms with Crippen molar-refractivity contribution in [3.05, 3.63) is 29.8 Å². The van der Waals surface area contributed by atoms with Crippen molar-refractivity contribution in [1.82, 2.24) is 15.0 Å². The summed E-state index contributed by atoms with van der Waals surface area (Å²) in [5, 5.41) is 1.42. The number of rotatable bonds is 3. The highest BCUT2D eigenvalue weighted by molar-refractivity contribution is 7.99. The van der Waals surface area contributed by atoms with Crippen molar-refractivity contribution in [3.63, 3.8) is 0 Å². The number of alkyl halides is 3. The molecule has 3 aromatic rings. The van der Waals surface area contributed by atoms with E-state index in [-0.39, 0.29) is 17.5 Å². The van der Waals surface area contributed by atoms with Crippen molar-refractivity contribution in [1.29, 1.82) is 0 Å². The van der Waals surface area contributed by atoms with Crippen LogP contribution in [-0.2, 0) is 0 Å². The minimum atomic E-state index is -4.71. The first-order valence-electron chi connectivity index (χ1n) is 6.68. The number of halogens is 3. The molecule has 24 heavy (non-hydrogen) atoms. The highest BCUT2D eigenvalue weighted by Gasteiger charge is 2.31. The number of hydrogen-bond donors (Lipinski definition) is 3. The number of aromatic nitrogens is 3. The monoisotopic (exact) mass is 355 g/mol. The number of aromatic amines is 1. The predicted octanol–water partition coefficient (Wildman–Crippen LogP) is 3.48. The molecule has 2 heterocycles. The van der Waals surface area contributed by atoms with Crippen LogP contribution < -0.4 is 16.2 Å². The first kappa shape index (κ1) is 16.2. The van der Waals surface area contributed by atoms with Crippen LogP contribution in [0.15, 0.2) is 34.2 Å². The zero-order chi connectivity index (χ0) is 17.5. The Morgan fingerprint density at radius 3 is 2.42 bits per heavy atom. The molecule has 0 spiro atoms. The lowest BCUT2D eigenvalue weighted by molar-refractivity contribution is -0.274. The first-order valence-corrected chi connectivity index (χ1v) is 7.49. The number of fused-ring (bicyclic) bond motifs is 1. The summed E-state index contributed by atoms with van der Waals surface area (Å²) in [4.78, 5) is 11.8. The molecule has 0 aliphatic rings. The van der Waals surface area contributed by atoms with Gasteiger partial charge in [0.15, 0.2) is 0 Å². The summed E-state index contributed by atoms with van der Waals surface area (Å²) >= 11 is 1.32. The lowest BCUT2D eigenvalue weighted by Gasteiger charge is -2.09. The average Bonchev–Trinajstić information content (AvgIpc) is 2.76. The van der Waals surface area contributed by atoms with E-state index < -0.39 is 6.36 Å². The van der Waals surface area contributed by atoms with Crippen LogP contribution in [0.3, 0.4) is 0 Å². The fraction of sp³-hybridized carbons (Fsp3) is 0.143. The molecule has 0 aliphatic carbocycles. The molecule has 1 aromatic carbocycles. The quantitative estimate of drug-likeness (QED) is 0.665. The van der Waals surface area contributed by atoms with Crippen molar-refractivity contribution >= 4 is 34.6 Å². The minimum Gasteiger partial charge on any atom is -0.406 e. The van der Waals surface area contributed by atoms with Gasteiger partial charge >= 0.3 is 6.36 Å². The third kappa shape index (κ3) is 3.32. The zero-order valence-electron chi connectivity index (χ0n) is 12.3. The molecule has 0 amide bonds. The minimum absolute atomic E-state index is 0.0615. The number of H-pyrrole nitrogens is 1. The van der Waals surface area contributed by atoms with E-state index in [9.17, 15) is 13.2 Å². The molecule has 0 unspecified atom stereocenters. The van der Waals surface area contributed by atoms with E-state index in [0.29, 0.717) is 11.0 Å². The number of benzene rings is 1. The molecule has 10 heteroatoms. The second kappa shape index (κ2) is 5.78. The average molecular weight is 355 g/mol. The van der Waals surface area contributed by atoms with Crippen LogP contribution in [0, 0.1) is 6.92 Å². The van der Waals surface area contributed by atoms with E-state index in [1.165, 1.54) is 36.0 Å². The topological polar surface area (TPSA) is 103 Å². The van der Waals surface area contributed by atoms with Gasteiger partial charge in [-0.25, -0.2) is 0 Å². The molecule has 0 fully saturated rings. The number of nitrogens with one attached hydrogen (secondary N) is 1. The Hall–Kier alpha value is -2.62. The molecule has 0 radical (unpaired) electrons. The smallest absolute Gasteiger partial charge is 0.406 e. The van der Waals surface area contributed by atoms with Gasteiger partial charge in [-0.15, -0.1) is 13.2 Å². The molecule has 6 nitrogen and oxygen atoms in total. The summed E-state index contributed by atoms with van der Waals surface area (Å²) in [6, 6.07) is 5.56. The largest absolute Gasteiger partial charge is 0.573 e. The maximum Gasteiger partial charge on any atom is 0.573 e. The normalized spacial score (nSPS) is 11.8. The van der Waals surface area contributed by atoms with Gasteiger partial charge < -0.3 is 21.2 Å².